The summed E-state index contributed by atoms with van der Waals surface area (Å²) < 4.78 is 40.7. The van der Waals surface area contributed by atoms with Crippen LogP contribution in [0.25, 0.3) is 0 Å². The molecule has 27 heavy (non-hydrogen) atoms. The second-order valence-electron chi connectivity index (χ2n) is 7.19. The lowest BCUT2D eigenvalue weighted by Crippen LogP contribution is -2.48. The molecule has 6 heteroatoms. The Kier molecular flexibility index (Phi) is 6.29. The summed E-state index contributed by atoms with van der Waals surface area (Å²) in [5.74, 6) is 0.183. The molecule has 1 heterocycles. The van der Waals surface area contributed by atoms with Crippen molar-refractivity contribution in [2.75, 3.05) is 26.2 Å². The molecule has 1 atom stereocenters. The molecule has 1 saturated heterocycles. The number of sulfonamides is 1. The van der Waals surface area contributed by atoms with Crippen LogP contribution in [0.3, 0.4) is 0 Å². The summed E-state index contributed by atoms with van der Waals surface area (Å²) in [5.41, 5.74) is 2.07. The van der Waals surface area contributed by atoms with E-state index in [1.54, 1.807) is 22.5 Å². The minimum atomic E-state index is -3.47. The van der Waals surface area contributed by atoms with E-state index in [4.69, 9.17) is 0 Å². The molecule has 0 radical (unpaired) electrons. The first-order valence-corrected chi connectivity index (χ1v) is 10.9. The number of benzene rings is 2. The van der Waals surface area contributed by atoms with Gasteiger partial charge in [-0.2, -0.15) is 4.31 Å². The standard InChI is InChI=1S/C21H27FN2O2S/c1-3-17(2)19-7-9-21(10-8-19)27(25,26)24-13-11-23(12-14-24)16-18-5-4-6-20(22)15-18/h4-10,15,17H,3,11-14,16H2,1-2H3. The predicted octanol–water partition coefficient (Wildman–Crippen LogP) is 3.85. The van der Waals surface area contributed by atoms with Crippen molar-refractivity contribution < 1.29 is 12.8 Å². The van der Waals surface area contributed by atoms with E-state index in [1.807, 2.05) is 18.2 Å². The van der Waals surface area contributed by atoms with Gasteiger partial charge in [0.25, 0.3) is 0 Å². The van der Waals surface area contributed by atoms with Gasteiger partial charge in [0.15, 0.2) is 0 Å². The fourth-order valence-corrected chi connectivity index (χ4v) is 4.80. The van der Waals surface area contributed by atoms with Gasteiger partial charge in [0.1, 0.15) is 5.82 Å². The zero-order valence-corrected chi connectivity index (χ0v) is 16.8. The maximum absolute atomic E-state index is 13.3. The van der Waals surface area contributed by atoms with Gasteiger partial charge in [-0.1, -0.05) is 38.1 Å². The number of nitrogens with zero attached hydrogens (tertiary/aromatic N) is 2. The van der Waals surface area contributed by atoms with Crippen molar-refractivity contribution >= 4 is 10.0 Å². The van der Waals surface area contributed by atoms with Gasteiger partial charge in [-0.25, -0.2) is 12.8 Å². The summed E-state index contributed by atoms with van der Waals surface area (Å²) in [4.78, 5) is 2.51. The quantitative estimate of drug-likeness (QED) is 0.752. The SMILES string of the molecule is CCC(C)c1ccc(S(=O)(=O)N2CCN(Cc3cccc(F)c3)CC2)cc1. The van der Waals surface area contributed by atoms with Crippen molar-refractivity contribution in [1.29, 1.82) is 0 Å². The highest BCUT2D eigenvalue weighted by Gasteiger charge is 2.28. The molecule has 0 bridgehead atoms. The molecule has 1 fully saturated rings. The summed E-state index contributed by atoms with van der Waals surface area (Å²) in [7, 11) is -3.47. The molecule has 0 amide bonds. The minimum absolute atomic E-state index is 0.241. The predicted molar refractivity (Wildman–Crippen MR) is 106 cm³/mol. The number of hydrogen-bond acceptors (Lipinski definition) is 3. The highest BCUT2D eigenvalue weighted by atomic mass is 32.2. The van der Waals surface area contributed by atoms with Gasteiger partial charge in [0.05, 0.1) is 4.90 Å². The Bertz CT molecular complexity index is 860. The second kappa shape index (κ2) is 8.50. The van der Waals surface area contributed by atoms with E-state index >= 15 is 0 Å². The average Bonchev–Trinajstić information content (AvgIpc) is 2.68. The molecule has 0 N–H and O–H groups in total. The first-order valence-electron chi connectivity index (χ1n) is 9.47. The molecule has 2 aromatic carbocycles. The van der Waals surface area contributed by atoms with E-state index < -0.39 is 10.0 Å². The molecule has 4 nitrogen and oxygen atoms in total. The topological polar surface area (TPSA) is 40.6 Å². The maximum atomic E-state index is 13.3. The Balaban J connectivity index is 1.62. The number of piperazine rings is 1. The summed E-state index contributed by atoms with van der Waals surface area (Å²) >= 11 is 0. The third-order valence-electron chi connectivity index (χ3n) is 5.33. The van der Waals surface area contributed by atoms with Crippen LogP contribution in [-0.4, -0.2) is 43.8 Å². The van der Waals surface area contributed by atoms with Crippen LogP contribution in [0.4, 0.5) is 4.39 Å². The van der Waals surface area contributed by atoms with Gasteiger partial charge in [0.2, 0.25) is 10.0 Å². The molecule has 2 aromatic rings. The third-order valence-corrected chi connectivity index (χ3v) is 7.24. The van der Waals surface area contributed by atoms with E-state index in [9.17, 15) is 12.8 Å². The summed E-state index contributed by atoms with van der Waals surface area (Å²) in [6.45, 7) is 7.08. The molecule has 0 aromatic heterocycles. The normalized spacial score (nSPS) is 17.7. The van der Waals surface area contributed by atoms with Gasteiger partial charge in [-0.05, 0) is 47.7 Å². The fraction of sp³-hybridized carbons (Fsp3) is 0.429. The molecular formula is C21H27FN2O2S. The van der Waals surface area contributed by atoms with Crippen LogP contribution in [0.15, 0.2) is 53.4 Å². The zero-order chi connectivity index (χ0) is 19.4. The Hall–Kier alpha value is -1.76. The number of rotatable bonds is 6. The number of halogens is 1. The van der Waals surface area contributed by atoms with Crippen molar-refractivity contribution in [1.82, 2.24) is 9.21 Å². The van der Waals surface area contributed by atoms with Crippen molar-refractivity contribution in [3.05, 3.63) is 65.5 Å². The van der Waals surface area contributed by atoms with Gasteiger partial charge >= 0.3 is 0 Å². The zero-order valence-electron chi connectivity index (χ0n) is 15.9. The largest absolute Gasteiger partial charge is 0.296 e. The minimum Gasteiger partial charge on any atom is -0.296 e. The van der Waals surface area contributed by atoms with Crippen molar-refractivity contribution in [2.24, 2.45) is 0 Å². The van der Waals surface area contributed by atoms with Crippen LogP contribution in [0.2, 0.25) is 0 Å². The molecule has 3 rings (SSSR count). The van der Waals surface area contributed by atoms with E-state index in [0.29, 0.717) is 43.5 Å². The van der Waals surface area contributed by atoms with Crippen LogP contribution in [0.1, 0.15) is 37.3 Å². The highest BCUT2D eigenvalue weighted by Crippen LogP contribution is 2.23. The first-order chi connectivity index (χ1) is 12.9. The van der Waals surface area contributed by atoms with E-state index in [0.717, 1.165) is 17.5 Å². The molecular weight excluding hydrogens is 363 g/mol. The average molecular weight is 391 g/mol. The Labute approximate surface area is 161 Å². The van der Waals surface area contributed by atoms with Gasteiger partial charge in [-0.15, -0.1) is 0 Å². The van der Waals surface area contributed by atoms with Crippen molar-refractivity contribution in [2.45, 2.75) is 37.6 Å². The van der Waals surface area contributed by atoms with Gasteiger partial charge in [0, 0.05) is 32.7 Å². The molecule has 1 aliphatic heterocycles. The van der Waals surface area contributed by atoms with Crippen LogP contribution in [0.5, 0.6) is 0 Å². The maximum Gasteiger partial charge on any atom is 0.243 e. The monoisotopic (exact) mass is 390 g/mol. The second-order valence-corrected chi connectivity index (χ2v) is 9.13. The lowest BCUT2D eigenvalue weighted by atomic mass is 9.99. The Morgan fingerprint density at radius 1 is 1.04 bits per heavy atom. The Morgan fingerprint density at radius 3 is 2.30 bits per heavy atom. The van der Waals surface area contributed by atoms with Crippen LogP contribution < -0.4 is 0 Å². The third kappa shape index (κ3) is 4.75. The lowest BCUT2D eigenvalue weighted by molar-refractivity contribution is 0.181. The van der Waals surface area contributed by atoms with E-state index in [1.165, 1.54) is 12.1 Å². The molecule has 1 unspecified atom stereocenters. The summed E-state index contributed by atoms with van der Waals surface area (Å²) in [6, 6.07) is 13.8. The first kappa shape index (κ1) is 20.0. The molecule has 0 spiro atoms. The Morgan fingerprint density at radius 2 is 1.70 bits per heavy atom. The van der Waals surface area contributed by atoms with Crippen molar-refractivity contribution in [3.8, 4) is 0 Å². The lowest BCUT2D eigenvalue weighted by Gasteiger charge is -2.34. The van der Waals surface area contributed by atoms with E-state index in [2.05, 4.69) is 18.7 Å². The number of hydrogen-bond donors (Lipinski definition) is 0. The highest BCUT2D eigenvalue weighted by molar-refractivity contribution is 7.89. The van der Waals surface area contributed by atoms with E-state index in [-0.39, 0.29) is 5.82 Å². The molecule has 146 valence electrons. The van der Waals surface area contributed by atoms with Gasteiger partial charge in [-0.3, -0.25) is 4.90 Å². The molecule has 0 saturated carbocycles. The van der Waals surface area contributed by atoms with Crippen LogP contribution >= 0.6 is 0 Å². The van der Waals surface area contributed by atoms with Gasteiger partial charge < -0.3 is 0 Å². The summed E-state index contributed by atoms with van der Waals surface area (Å²) in [6.07, 6.45) is 1.03. The fourth-order valence-electron chi connectivity index (χ4n) is 3.37. The van der Waals surface area contributed by atoms with Crippen LogP contribution in [0, 0.1) is 5.82 Å². The molecule has 1 aliphatic rings. The smallest absolute Gasteiger partial charge is 0.243 e. The summed E-state index contributed by atoms with van der Waals surface area (Å²) in [5, 5.41) is 0. The van der Waals surface area contributed by atoms with Crippen LogP contribution in [-0.2, 0) is 16.6 Å². The van der Waals surface area contributed by atoms with Crippen molar-refractivity contribution in [3.63, 3.8) is 0 Å². The molecule has 0 aliphatic carbocycles.